The maximum absolute atomic E-state index is 5.32. The summed E-state index contributed by atoms with van der Waals surface area (Å²) in [5.74, 6) is 1.06. The van der Waals surface area contributed by atoms with Gasteiger partial charge in [0, 0.05) is 13.6 Å². The smallest absolute Gasteiger partial charge is 0.323 e. The first kappa shape index (κ1) is 16.4. The molecule has 20 heavy (non-hydrogen) atoms. The van der Waals surface area contributed by atoms with Crippen molar-refractivity contribution >= 4 is 11.9 Å². The molecule has 0 bridgehead atoms. The first-order valence-corrected chi connectivity index (χ1v) is 7.26. The summed E-state index contributed by atoms with van der Waals surface area (Å²) in [5, 5.41) is 6.12. The van der Waals surface area contributed by atoms with Gasteiger partial charge in [-0.05, 0) is 33.0 Å². The number of rotatable bonds is 10. The molecule has 1 aromatic rings. The second kappa shape index (κ2) is 9.30. The monoisotopic (exact) mass is 282 g/mol. The van der Waals surface area contributed by atoms with E-state index in [4.69, 9.17) is 4.74 Å². The van der Waals surface area contributed by atoms with Crippen molar-refractivity contribution in [3.63, 3.8) is 0 Å². The van der Waals surface area contributed by atoms with Crippen molar-refractivity contribution in [3.8, 4) is 6.01 Å². The molecule has 1 aromatic heterocycles. The van der Waals surface area contributed by atoms with Crippen molar-refractivity contribution in [3.05, 3.63) is 0 Å². The van der Waals surface area contributed by atoms with Crippen LogP contribution in [0.15, 0.2) is 0 Å². The molecule has 7 heteroatoms. The van der Waals surface area contributed by atoms with Gasteiger partial charge in [-0.15, -0.1) is 0 Å². The Morgan fingerprint density at radius 3 is 2.35 bits per heavy atom. The van der Waals surface area contributed by atoms with E-state index in [2.05, 4.69) is 44.3 Å². The van der Waals surface area contributed by atoms with Crippen molar-refractivity contribution in [2.45, 2.75) is 27.2 Å². The molecule has 1 rings (SSSR count). The molecule has 0 atom stereocenters. The number of nitrogens with zero attached hydrogens (tertiary/aromatic N) is 4. The second-order valence-corrected chi connectivity index (χ2v) is 4.26. The van der Waals surface area contributed by atoms with Gasteiger partial charge in [0.2, 0.25) is 11.9 Å². The van der Waals surface area contributed by atoms with Crippen LogP contribution in [0, 0.1) is 0 Å². The van der Waals surface area contributed by atoms with E-state index in [0.717, 1.165) is 32.6 Å². The normalized spacial score (nSPS) is 10.7. The van der Waals surface area contributed by atoms with E-state index in [1.807, 2.05) is 6.92 Å². The van der Waals surface area contributed by atoms with Crippen LogP contribution in [0.5, 0.6) is 6.01 Å². The lowest BCUT2D eigenvalue weighted by Gasteiger charge is -2.17. The molecule has 0 radical (unpaired) electrons. The third-order valence-corrected chi connectivity index (χ3v) is 2.94. The number of aromatic nitrogens is 3. The van der Waals surface area contributed by atoms with Gasteiger partial charge < -0.3 is 20.3 Å². The zero-order valence-corrected chi connectivity index (χ0v) is 12.9. The molecule has 0 spiro atoms. The molecule has 0 aliphatic heterocycles. The Morgan fingerprint density at radius 2 is 1.75 bits per heavy atom. The van der Waals surface area contributed by atoms with Gasteiger partial charge >= 0.3 is 6.01 Å². The maximum atomic E-state index is 5.32. The Balaban J connectivity index is 2.48. The Morgan fingerprint density at radius 1 is 1.05 bits per heavy atom. The molecule has 1 heterocycles. The summed E-state index contributed by atoms with van der Waals surface area (Å²) in [6.45, 7) is 10.9. The standard InChI is InChI=1S/C13H26N6O/c1-5-19(6-2)10-8-9-15-12-16-11(14-4)17-13(18-12)20-7-3/h5-10H2,1-4H3,(H2,14,15,16,17,18). The fraction of sp³-hybridized carbons (Fsp3) is 0.769. The molecular weight excluding hydrogens is 256 g/mol. The van der Waals surface area contributed by atoms with Gasteiger partial charge in [-0.25, -0.2) is 0 Å². The first-order chi connectivity index (χ1) is 9.73. The minimum atomic E-state index is 0.345. The Hall–Kier alpha value is -1.63. The average Bonchev–Trinajstić information content (AvgIpc) is 2.47. The number of anilines is 2. The lowest BCUT2D eigenvalue weighted by Crippen LogP contribution is -2.25. The number of nitrogens with one attached hydrogen (secondary N) is 2. The highest BCUT2D eigenvalue weighted by molar-refractivity contribution is 5.35. The third kappa shape index (κ3) is 5.56. The summed E-state index contributed by atoms with van der Waals surface area (Å²) in [5.41, 5.74) is 0. The van der Waals surface area contributed by atoms with E-state index in [1.165, 1.54) is 0 Å². The topological polar surface area (TPSA) is 75.2 Å². The predicted molar refractivity (Wildman–Crippen MR) is 81.4 cm³/mol. The highest BCUT2D eigenvalue weighted by Crippen LogP contribution is 2.10. The summed E-state index contributed by atoms with van der Waals surface area (Å²) in [4.78, 5) is 15.0. The molecule has 0 saturated carbocycles. The molecule has 0 amide bonds. The molecule has 2 N–H and O–H groups in total. The van der Waals surface area contributed by atoms with E-state index in [1.54, 1.807) is 7.05 Å². The van der Waals surface area contributed by atoms with Crippen molar-refractivity contribution < 1.29 is 4.74 Å². The van der Waals surface area contributed by atoms with Crippen LogP contribution >= 0.6 is 0 Å². The van der Waals surface area contributed by atoms with Gasteiger partial charge in [0.25, 0.3) is 0 Å². The number of hydrogen-bond donors (Lipinski definition) is 2. The Labute approximate surface area is 121 Å². The third-order valence-electron chi connectivity index (χ3n) is 2.94. The lowest BCUT2D eigenvalue weighted by molar-refractivity contribution is 0.302. The minimum absolute atomic E-state index is 0.345. The van der Waals surface area contributed by atoms with Crippen LogP contribution in [-0.4, -0.2) is 59.7 Å². The molecule has 0 aliphatic rings. The first-order valence-electron chi connectivity index (χ1n) is 7.26. The van der Waals surface area contributed by atoms with Crippen LogP contribution in [0.4, 0.5) is 11.9 Å². The highest BCUT2D eigenvalue weighted by atomic mass is 16.5. The highest BCUT2D eigenvalue weighted by Gasteiger charge is 2.06. The molecule has 0 fully saturated rings. The van der Waals surface area contributed by atoms with Crippen LogP contribution in [0.3, 0.4) is 0 Å². The fourth-order valence-electron chi connectivity index (χ4n) is 1.78. The van der Waals surface area contributed by atoms with E-state index < -0.39 is 0 Å². The van der Waals surface area contributed by atoms with Gasteiger partial charge in [-0.2, -0.15) is 15.0 Å². The Kier molecular flexibility index (Phi) is 7.64. The summed E-state index contributed by atoms with van der Waals surface area (Å²) >= 11 is 0. The molecule has 0 saturated heterocycles. The zero-order valence-electron chi connectivity index (χ0n) is 12.9. The maximum Gasteiger partial charge on any atom is 0.323 e. The van der Waals surface area contributed by atoms with Crippen molar-refractivity contribution in [1.29, 1.82) is 0 Å². The average molecular weight is 282 g/mol. The van der Waals surface area contributed by atoms with Crippen molar-refractivity contribution in [1.82, 2.24) is 19.9 Å². The molecule has 0 unspecified atom stereocenters. The van der Waals surface area contributed by atoms with Gasteiger partial charge in [-0.1, -0.05) is 13.8 Å². The summed E-state index contributed by atoms with van der Waals surface area (Å²) in [6.07, 6.45) is 1.05. The van der Waals surface area contributed by atoms with Gasteiger partial charge in [-0.3, -0.25) is 0 Å². The quantitative estimate of drug-likeness (QED) is 0.629. The largest absolute Gasteiger partial charge is 0.464 e. The molecule has 114 valence electrons. The predicted octanol–water partition coefficient (Wildman–Crippen LogP) is 1.46. The summed E-state index contributed by atoms with van der Waals surface area (Å²) in [6, 6.07) is 0.345. The number of hydrogen-bond acceptors (Lipinski definition) is 7. The van der Waals surface area contributed by atoms with Gasteiger partial charge in [0.05, 0.1) is 6.61 Å². The molecular formula is C13H26N6O. The SMILES string of the molecule is CCOc1nc(NC)nc(NCCCN(CC)CC)n1. The zero-order chi connectivity index (χ0) is 14.8. The van der Waals surface area contributed by atoms with Crippen LogP contribution < -0.4 is 15.4 Å². The lowest BCUT2D eigenvalue weighted by atomic mass is 10.3. The van der Waals surface area contributed by atoms with Crippen LogP contribution in [-0.2, 0) is 0 Å². The van der Waals surface area contributed by atoms with E-state index >= 15 is 0 Å². The number of ether oxygens (including phenoxy) is 1. The molecule has 0 aliphatic carbocycles. The minimum Gasteiger partial charge on any atom is -0.464 e. The fourth-order valence-corrected chi connectivity index (χ4v) is 1.78. The molecule has 0 aromatic carbocycles. The second-order valence-electron chi connectivity index (χ2n) is 4.26. The van der Waals surface area contributed by atoms with Crippen LogP contribution in [0.25, 0.3) is 0 Å². The van der Waals surface area contributed by atoms with Crippen molar-refractivity contribution in [2.75, 3.05) is 50.5 Å². The Bertz CT molecular complexity index is 383. The van der Waals surface area contributed by atoms with Crippen LogP contribution in [0.2, 0.25) is 0 Å². The summed E-state index contributed by atoms with van der Waals surface area (Å²) in [7, 11) is 1.77. The van der Waals surface area contributed by atoms with Crippen LogP contribution in [0.1, 0.15) is 27.2 Å². The van der Waals surface area contributed by atoms with Crippen molar-refractivity contribution in [2.24, 2.45) is 0 Å². The molecule has 7 nitrogen and oxygen atoms in total. The van der Waals surface area contributed by atoms with Gasteiger partial charge in [0.1, 0.15) is 0 Å². The summed E-state index contributed by atoms with van der Waals surface area (Å²) < 4.78 is 5.32. The van der Waals surface area contributed by atoms with E-state index in [-0.39, 0.29) is 0 Å². The van der Waals surface area contributed by atoms with E-state index in [9.17, 15) is 0 Å². The van der Waals surface area contributed by atoms with Gasteiger partial charge in [0.15, 0.2) is 0 Å². The van der Waals surface area contributed by atoms with E-state index in [0.29, 0.717) is 24.5 Å².